The van der Waals surface area contributed by atoms with E-state index in [4.69, 9.17) is 4.74 Å². The number of aromatic nitrogens is 1. The van der Waals surface area contributed by atoms with Gasteiger partial charge < -0.3 is 24.8 Å². The molecular formula is C31H36N2O4. The first-order chi connectivity index (χ1) is 17.6. The van der Waals surface area contributed by atoms with Crippen LogP contribution in [0.4, 0.5) is 0 Å². The van der Waals surface area contributed by atoms with Crippen LogP contribution >= 0.6 is 0 Å². The van der Waals surface area contributed by atoms with Gasteiger partial charge in [-0.1, -0.05) is 36.8 Å². The first-order valence-electron chi connectivity index (χ1n) is 13.6. The number of nitrogens with zero attached hydrogens (tertiary/aromatic N) is 1. The highest BCUT2D eigenvalue weighted by atomic mass is 16.5. The van der Waals surface area contributed by atoms with Gasteiger partial charge in [-0.15, -0.1) is 0 Å². The second-order valence-corrected chi connectivity index (χ2v) is 12.6. The fraction of sp³-hybridized carbons (Fsp3) is 0.516. The van der Waals surface area contributed by atoms with Crippen LogP contribution in [0.5, 0.6) is 0 Å². The molecule has 1 saturated heterocycles. The maximum Gasteiger partial charge on any atom is 0.248 e. The van der Waals surface area contributed by atoms with Crippen LogP contribution in [0.25, 0.3) is 16.3 Å². The van der Waals surface area contributed by atoms with Crippen LogP contribution in [0.3, 0.4) is 0 Å². The van der Waals surface area contributed by atoms with Gasteiger partial charge in [0.25, 0.3) is 0 Å². The van der Waals surface area contributed by atoms with Gasteiger partial charge in [0, 0.05) is 29.6 Å². The molecule has 6 heteroatoms. The van der Waals surface area contributed by atoms with Gasteiger partial charge in [-0.25, -0.2) is 0 Å². The van der Waals surface area contributed by atoms with E-state index in [0.29, 0.717) is 12.3 Å². The van der Waals surface area contributed by atoms with Crippen molar-refractivity contribution >= 4 is 16.3 Å². The number of ether oxygens (including phenoxy) is 1. The second kappa shape index (κ2) is 7.54. The lowest BCUT2D eigenvalue weighted by Crippen LogP contribution is -2.62. The Morgan fingerprint density at radius 2 is 1.95 bits per heavy atom. The molecule has 2 bridgehead atoms. The summed E-state index contributed by atoms with van der Waals surface area (Å²) in [4.78, 5) is 16.6. The number of fused-ring (bicyclic) bond motifs is 2. The predicted molar refractivity (Wildman–Crippen MR) is 144 cm³/mol. The maximum atomic E-state index is 11.8. The molecule has 0 amide bonds. The fourth-order valence-corrected chi connectivity index (χ4v) is 8.78. The van der Waals surface area contributed by atoms with E-state index in [1.165, 1.54) is 22.3 Å². The van der Waals surface area contributed by atoms with Gasteiger partial charge in [-0.2, -0.15) is 0 Å². The van der Waals surface area contributed by atoms with Crippen molar-refractivity contribution in [2.24, 2.45) is 11.3 Å². The number of benzene rings is 1. The third-order valence-corrected chi connectivity index (χ3v) is 10.4. The van der Waals surface area contributed by atoms with E-state index in [1.54, 1.807) is 12.3 Å². The third-order valence-electron chi connectivity index (χ3n) is 10.4. The topological polar surface area (TPSA) is 85.8 Å². The summed E-state index contributed by atoms with van der Waals surface area (Å²) in [5.74, 6) is 0.305. The van der Waals surface area contributed by atoms with Crippen LogP contribution in [0, 0.1) is 11.3 Å². The lowest BCUT2D eigenvalue weighted by atomic mass is 9.56. The highest BCUT2D eigenvalue weighted by Crippen LogP contribution is 2.69. The van der Waals surface area contributed by atoms with Gasteiger partial charge in [0.05, 0.1) is 17.3 Å². The summed E-state index contributed by atoms with van der Waals surface area (Å²) in [5.41, 5.74) is 4.94. The van der Waals surface area contributed by atoms with Crippen LogP contribution < -0.4 is 5.56 Å². The van der Waals surface area contributed by atoms with Gasteiger partial charge in [0.2, 0.25) is 5.56 Å². The molecule has 2 fully saturated rings. The van der Waals surface area contributed by atoms with E-state index in [0.717, 1.165) is 42.0 Å². The van der Waals surface area contributed by atoms with Crippen molar-refractivity contribution in [3.05, 3.63) is 75.3 Å². The number of allylic oxidation sites excluding steroid dienone is 3. The summed E-state index contributed by atoms with van der Waals surface area (Å²) >= 11 is 0. The van der Waals surface area contributed by atoms with E-state index >= 15 is 0 Å². The van der Waals surface area contributed by atoms with Crippen LogP contribution in [0.15, 0.2) is 64.1 Å². The summed E-state index contributed by atoms with van der Waals surface area (Å²) in [5, 5.41) is 24.2. The molecule has 7 atom stereocenters. The Morgan fingerprint density at radius 1 is 1.14 bits per heavy atom. The molecule has 6 nitrogen and oxygen atoms in total. The number of likely N-dealkylation sites (N-methyl/N-ethyl adjacent to an activating group) is 1. The summed E-state index contributed by atoms with van der Waals surface area (Å²) in [6, 6.07) is 7.92. The Hall–Kier alpha value is -2.51. The van der Waals surface area contributed by atoms with Gasteiger partial charge in [0.15, 0.2) is 0 Å². The first kappa shape index (κ1) is 23.6. The van der Waals surface area contributed by atoms with Crippen molar-refractivity contribution in [1.29, 1.82) is 0 Å². The number of pyridine rings is 1. The zero-order chi connectivity index (χ0) is 25.9. The fourth-order valence-electron chi connectivity index (χ4n) is 8.78. The number of aromatic amines is 1. The number of hydrogen-bond acceptors (Lipinski definition) is 5. The molecule has 0 radical (unpaired) electrons. The minimum atomic E-state index is -0.910. The van der Waals surface area contributed by atoms with E-state index in [1.807, 2.05) is 19.0 Å². The van der Waals surface area contributed by atoms with E-state index < -0.39 is 17.8 Å². The standard InChI is InChI=1S/C31H36N2O4/c1-17-14-29(2)21(19-6-5-18-12-26(34)32-16-20(18)11-19)7-8-25(29)31-10-9-30(37-31)15-24(33(3)4)28(36)27(35)23(30)13-22(17)31/h5-7,11-13,16,24-25,27-28,35-36H,8-10,14-15H2,1-4H3,(H,32,34). The molecular weight excluding hydrogens is 464 g/mol. The van der Waals surface area contributed by atoms with Crippen molar-refractivity contribution in [3.63, 3.8) is 0 Å². The summed E-state index contributed by atoms with van der Waals surface area (Å²) in [7, 11) is 3.94. The van der Waals surface area contributed by atoms with E-state index in [2.05, 4.69) is 49.2 Å². The minimum absolute atomic E-state index is 0.0753. The number of rotatable bonds is 2. The minimum Gasteiger partial charge on any atom is -0.388 e. The zero-order valence-electron chi connectivity index (χ0n) is 22.0. The van der Waals surface area contributed by atoms with Crippen molar-refractivity contribution in [2.75, 3.05) is 14.1 Å². The number of aliphatic hydroxyl groups excluding tert-OH is 2. The Labute approximate surface area is 217 Å². The summed E-state index contributed by atoms with van der Waals surface area (Å²) in [6.45, 7) is 4.62. The average molecular weight is 501 g/mol. The van der Waals surface area contributed by atoms with Gasteiger partial charge in [-0.3, -0.25) is 4.79 Å². The second-order valence-electron chi connectivity index (χ2n) is 12.6. The molecule has 3 N–H and O–H groups in total. The van der Waals surface area contributed by atoms with Gasteiger partial charge in [-0.05, 0) is 92.2 Å². The number of H-pyrrole nitrogens is 1. The van der Waals surface area contributed by atoms with Gasteiger partial charge >= 0.3 is 0 Å². The summed E-state index contributed by atoms with van der Waals surface area (Å²) < 4.78 is 7.30. The third kappa shape index (κ3) is 2.98. The van der Waals surface area contributed by atoms with Gasteiger partial charge in [0.1, 0.15) is 6.10 Å². The number of hydrogen-bond donors (Lipinski definition) is 3. The van der Waals surface area contributed by atoms with Crippen molar-refractivity contribution in [2.45, 2.75) is 75.4 Å². The normalized spacial score (nSPS) is 40.4. The lowest BCUT2D eigenvalue weighted by Gasteiger charge is -2.56. The number of aliphatic hydroxyl groups is 2. The molecule has 3 heterocycles. The molecule has 5 aliphatic rings. The average Bonchev–Trinajstić information content (AvgIpc) is 3.36. The zero-order valence-corrected chi connectivity index (χ0v) is 22.0. The Balaban J connectivity index is 1.32. The molecule has 2 aromatic rings. The Kier molecular flexibility index (Phi) is 4.81. The summed E-state index contributed by atoms with van der Waals surface area (Å²) in [6.07, 6.45) is 9.10. The molecule has 2 aliphatic heterocycles. The highest BCUT2D eigenvalue weighted by Gasteiger charge is 2.68. The molecule has 37 heavy (non-hydrogen) atoms. The highest BCUT2D eigenvalue weighted by molar-refractivity contribution is 5.87. The molecule has 194 valence electrons. The molecule has 1 aromatic carbocycles. The van der Waals surface area contributed by atoms with Crippen molar-refractivity contribution in [1.82, 2.24) is 9.88 Å². The monoisotopic (exact) mass is 500 g/mol. The maximum absolute atomic E-state index is 11.8. The van der Waals surface area contributed by atoms with E-state index in [9.17, 15) is 15.0 Å². The van der Waals surface area contributed by atoms with Crippen LogP contribution in [-0.2, 0) is 4.74 Å². The molecule has 7 unspecified atom stereocenters. The molecule has 3 aliphatic carbocycles. The largest absolute Gasteiger partial charge is 0.388 e. The van der Waals surface area contributed by atoms with Crippen molar-refractivity contribution < 1.29 is 14.9 Å². The molecule has 1 aromatic heterocycles. The Morgan fingerprint density at radius 3 is 2.73 bits per heavy atom. The van der Waals surface area contributed by atoms with E-state index in [-0.39, 0.29) is 22.6 Å². The van der Waals surface area contributed by atoms with Crippen molar-refractivity contribution in [3.8, 4) is 0 Å². The quantitative estimate of drug-likeness (QED) is 0.582. The lowest BCUT2D eigenvalue weighted by molar-refractivity contribution is -0.162. The van der Waals surface area contributed by atoms with Crippen LogP contribution in [-0.4, -0.2) is 63.6 Å². The first-order valence-corrected chi connectivity index (χ1v) is 13.6. The SMILES string of the molecule is CC1=C2C=C3C(O)C(O)C(N(C)C)CC34CCC2(O4)C2CC=C(c3ccc4cc(=O)[nH]cc4c3)C2(C)C1. The van der Waals surface area contributed by atoms with Crippen LogP contribution in [0.2, 0.25) is 0 Å². The Bertz CT molecular complexity index is 1480. The molecule has 7 rings (SSSR count). The molecule has 2 spiro atoms. The number of nitrogens with one attached hydrogen (secondary N) is 1. The smallest absolute Gasteiger partial charge is 0.248 e. The van der Waals surface area contributed by atoms with Crippen LogP contribution in [0.1, 0.15) is 51.5 Å². The predicted octanol–water partition coefficient (Wildman–Crippen LogP) is 3.94. The molecule has 1 saturated carbocycles.